The molecule has 2 nitrogen and oxygen atoms in total. The highest BCUT2D eigenvalue weighted by molar-refractivity contribution is 6.11. The van der Waals surface area contributed by atoms with E-state index >= 15 is 0 Å². The van der Waals surface area contributed by atoms with Crippen LogP contribution >= 0.6 is 0 Å². The second kappa shape index (κ2) is 3.15. The minimum atomic E-state index is -0.223. The molecule has 0 aromatic carbocycles. The first-order valence-corrected chi connectivity index (χ1v) is 4.42. The van der Waals surface area contributed by atoms with Gasteiger partial charge in [0.05, 0.1) is 12.2 Å². The van der Waals surface area contributed by atoms with Gasteiger partial charge in [-0.25, -0.2) is 0 Å². The first-order valence-electron chi connectivity index (χ1n) is 4.42. The highest BCUT2D eigenvalue weighted by Gasteiger charge is 2.40. The fourth-order valence-electron chi connectivity index (χ4n) is 1.75. The minimum Gasteiger partial charge on any atom is -0.393 e. The molecule has 1 rings (SSSR count). The molecule has 0 bridgehead atoms. The van der Waals surface area contributed by atoms with Crippen LogP contribution in [0.1, 0.15) is 26.7 Å². The van der Waals surface area contributed by atoms with Gasteiger partial charge in [-0.15, -0.1) is 0 Å². The number of hydrogen-bond donors (Lipinski definition) is 1. The van der Waals surface area contributed by atoms with Crippen LogP contribution in [-0.4, -0.2) is 31.2 Å². The molecule has 1 saturated heterocycles. The minimum absolute atomic E-state index is 0.165. The SMILES string of the molecule is B[C@@H]1O[C@](CC)(CO)C[C@H]1C. The molecular weight excluding hydrogens is 139 g/mol. The lowest BCUT2D eigenvalue weighted by molar-refractivity contribution is -0.0534. The van der Waals surface area contributed by atoms with E-state index in [0.29, 0.717) is 11.9 Å². The molecule has 0 spiro atoms. The fourth-order valence-corrected chi connectivity index (χ4v) is 1.75. The van der Waals surface area contributed by atoms with Gasteiger partial charge in [0.15, 0.2) is 0 Å². The number of ether oxygens (including phenoxy) is 1. The number of aliphatic hydroxyl groups excluding tert-OH is 1. The summed E-state index contributed by atoms with van der Waals surface area (Å²) in [4.78, 5) is 0. The van der Waals surface area contributed by atoms with E-state index in [0.717, 1.165) is 12.8 Å². The van der Waals surface area contributed by atoms with Gasteiger partial charge >= 0.3 is 0 Å². The van der Waals surface area contributed by atoms with Crippen LogP contribution in [0.4, 0.5) is 0 Å². The molecule has 3 atom stereocenters. The summed E-state index contributed by atoms with van der Waals surface area (Å²) in [7, 11) is 2.08. The first-order chi connectivity index (χ1) is 5.13. The summed E-state index contributed by atoms with van der Waals surface area (Å²) >= 11 is 0. The van der Waals surface area contributed by atoms with E-state index in [4.69, 9.17) is 9.84 Å². The molecule has 0 saturated carbocycles. The highest BCUT2D eigenvalue weighted by atomic mass is 16.5. The average molecular weight is 156 g/mol. The molecule has 3 heteroatoms. The largest absolute Gasteiger partial charge is 0.393 e. The van der Waals surface area contributed by atoms with Gasteiger partial charge in [0.25, 0.3) is 0 Å². The molecule has 0 aromatic heterocycles. The lowest BCUT2D eigenvalue weighted by Gasteiger charge is -2.24. The Kier molecular flexibility index (Phi) is 2.60. The van der Waals surface area contributed by atoms with Crippen LogP contribution in [0.15, 0.2) is 0 Å². The van der Waals surface area contributed by atoms with Crippen molar-refractivity contribution in [3.8, 4) is 0 Å². The molecule has 1 aliphatic rings. The molecule has 0 aliphatic carbocycles. The molecule has 1 aliphatic heterocycles. The van der Waals surface area contributed by atoms with E-state index in [9.17, 15) is 0 Å². The summed E-state index contributed by atoms with van der Waals surface area (Å²) in [5.74, 6) is 0.585. The first kappa shape index (κ1) is 9.08. The van der Waals surface area contributed by atoms with Crippen molar-refractivity contribution in [3.05, 3.63) is 0 Å². The monoisotopic (exact) mass is 156 g/mol. The van der Waals surface area contributed by atoms with Crippen LogP contribution in [0.2, 0.25) is 0 Å². The Bertz CT molecular complexity index is 122. The lowest BCUT2D eigenvalue weighted by atomic mass is 9.85. The van der Waals surface area contributed by atoms with Gasteiger partial charge in [0.2, 0.25) is 0 Å². The Balaban J connectivity index is 2.61. The van der Waals surface area contributed by atoms with E-state index < -0.39 is 0 Å². The van der Waals surface area contributed by atoms with Crippen molar-refractivity contribution >= 4 is 7.85 Å². The second-order valence-electron chi connectivity index (χ2n) is 3.70. The van der Waals surface area contributed by atoms with E-state index in [2.05, 4.69) is 21.7 Å². The molecule has 0 aromatic rings. The van der Waals surface area contributed by atoms with E-state index in [1.807, 2.05) is 0 Å². The van der Waals surface area contributed by atoms with Gasteiger partial charge in [0.1, 0.15) is 7.85 Å². The summed E-state index contributed by atoms with van der Waals surface area (Å²) in [5, 5.41) is 9.13. The van der Waals surface area contributed by atoms with E-state index in [1.54, 1.807) is 0 Å². The van der Waals surface area contributed by atoms with Gasteiger partial charge in [-0.3, -0.25) is 0 Å². The molecular formula is C8H17BO2. The molecule has 64 valence electrons. The topological polar surface area (TPSA) is 29.5 Å². The van der Waals surface area contributed by atoms with Gasteiger partial charge < -0.3 is 9.84 Å². The lowest BCUT2D eigenvalue weighted by Crippen LogP contribution is -2.32. The van der Waals surface area contributed by atoms with Crippen LogP contribution in [0.25, 0.3) is 0 Å². The van der Waals surface area contributed by atoms with Crippen molar-refractivity contribution < 1.29 is 9.84 Å². The van der Waals surface area contributed by atoms with Crippen molar-refractivity contribution in [2.75, 3.05) is 6.61 Å². The normalized spacial score (nSPS) is 44.6. The van der Waals surface area contributed by atoms with Crippen LogP contribution in [0.3, 0.4) is 0 Å². The Morgan fingerprint density at radius 1 is 1.73 bits per heavy atom. The predicted molar refractivity (Wildman–Crippen MR) is 47.3 cm³/mol. The van der Waals surface area contributed by atoms with Gasteiger partial charge in [-0.05, 0) is 18.8 Å². The van der Waals surface area contributed by atoms with Crippen molar-refractivity contribution in [2.45, 2.75) is 38.3 Å². The maximum atomic E-state index is 9.13. The maximum absolute atomic E-state index is 9.13. The summed E-state index contributed by atoms with van der Waals surface area (Å²) in [6.07, 6.45) is 1.92. The summed E-state index contributed by atoms with van der Waals surface area (Å²) in [5.41, 5.74) is -0.223. The zero-order valence-corrected chi connectivity index (χ0v) is 7.63. The second-order valence-corrected chi connectivity index (χ2v) is 3.70. The quantitative estimate of drug-likeness (QED) is 0.576. The molecule has 0 amide bonds. The van der Waals surface area contributed by atoms with Crippen molar-refractivity contribution in [2.24, 2.45) is 5.92 Å². The number of hydrogen-bond acceptors (Lipinski definition) is 2. The summed E-state index contributed by atoms with van der Waals surface area (Å²) < 4.78 is 5.71. The van der Waals surface area contributed by atoms with Gasteiger partial charge in [0, 0.05) is 6.00 Å². The van der Waals surface area contributed by atoms with Crippen LogP contribution in [-0.2, 0) is 4.74 Å². The standard InChI is InChI=1S/C8H17BO2/c1-3-8(5-10)4-6(2)7(9)11-8/h6-7,10H,3-5,9H2,1-2H3/t6-,7-,8+/m1/s1. The molecule has 1 heterocycles. The molecule has 1 N–H and O–H groups in total. The van der Waals surface area contributed by atoms with Crippen LogP contribution < -0.4 is 0 Å². The zero-order chi connectivity index (χ0) is 8.48. The Morgan fingerprint density at radius 2 is 2.36 bits per heavy atom. The fraction of sp³-hybridized carbons (Fsp3) is 1.00. The Morgan fingerprint density at radius 3 is 2.55 bits per heavy atom. The van der Waals surface area contributed by atoms with Gasteiger partial charge in [-0.2, -0.15) is 0 Å². The third-order valence-corrected chi connectivity index (χ3v) is 2.86. The van der Waals surface area contributed by atoms with Crippen molar-refractivity contribution in [1.82, 2.24) is 0 Å². The zero-order valence-electron chi connectivity index (χ0n) is 7.63. The van der Waals surface area contributed by atoms with Crippen molar-refractivity contribution in [3.63, 3.8) is 0 Å². The maximum Gasteiger partial charge on any atom is 0.139 e. The third-order valence-electron chi connectivity index (χ3n) is 2.86. The van der Waals surface area contributed by atoms with Crippen molar-refractivity contribution in [1.29, 1.82) is 0 Å². The third kappa shape index (κ3) is 1.59. The molecule has 11 heavy (non-hydrogen) atoms. The highest BCUT2D eigenvalue weighted by Crippen LogP contribution is 2.35. The van der Waals surface area contributed by atoms with E-state index in [1.165, 1.54) is 0 Å². The van der Waals surface area contributed by atoms with E-state index in [-0.39, 0.29) is 12.2 Å². The smallest absolute Gasteiger partial charge is 0.139 e. The Hall–Kier alpha value is -0.0151. The molecule has 0 radical (unpaired) electrons. The molecule has 0 unspecified atom stereocenters. The molecule has 1 fully saturated rings. The summed E-state index contributed by atoms with van der Waals surface area (Å²) in [6.45, 7) is 4.41. The summed E-state index contributed by atoms with van der Waals surface area (Å²) in [6, 6.07) is 0.307. The number of rotatable bonds is 2. The number of aliphatic hydroxyl groups is 1. The Labute approximate surface area is 69.3 Å². The van der Waals surface area contributed by atoms with Crippen LogP contribution in [0.5, 0.6) is 0 Å². The van der Waals surface area contributed by atoms with Gasteiger partial charge in [-0.1, -0.05) is 13.8 Å². The predicted octanol–water partition coefficient (Wildman–Crippen LogP) is 0.143. The average Bonchev–Trinajstić information content (AvgIpc) is 2.29. The van der Waals surface area contributed by atoms with Crippen LogP contribution in [0, 0.1) is 5.92 Å².